The number of carbonyl (C=O) groups is 1. The number of aromatic nitrogens is 1. The largest absolute Gasteiger partial charge is 0.489 e. The van der Waals surface area contributed by atoms with Gasteiger partial charge in [0.2, 0.25) is 0 Å². The van der Waals surface area contributed by atoms with Gasteiger partial charge in [-0.25, -0.2) is 8.78 Å². The average molecular weight is 444 g/mol. The van der Waals surface area contributed by atoms with Crippen molar-refractivity contribution < 1.29 is 18.3 Å². The van der Waals surface area contributed by atoms with Gasteiger partial charge in [-0.2, -0.15) is 0 Å². The van der Waals surface area contributed by atoms with Gasteiger partial charge in [-0.3, -0.25) is 9.78 Å². The Balaban J connectivity index is 1.46. The Morgan fingerprint density at radius 1 is 0.758 bits per heavy atom. The normalized spacial score (nSPS) is 10.6. The summed E-state index contributed by atoms with van der Waals surface area (Å²) in [6, 6.07) is 22.9. The highest BCUT2D eigenvalue weighted by atomic mass is 19.1. The Hall–Kier alpha value is -4.06. The molecule has 0 aliphatic carbocycles. The van der Waals surface area contributed by atoms with Crippen LogP contribution in [0.15, 0.2) is 97.3 Å². The molecule has 0 saturated heterocycles. The van der Waals surface area contributed by atoms with E-state index in [0.29, 0.717) is 24.4 Å². The maximum Gasteiger partial charge on any atom is 0.254 e. The van der Waals surface area contributed by atoms with Crippen molar-refractivity contribution in [3.05, 3.63) is 131 Å². The third-order valence-electron chi connectivity index (χ3n) is 5.09. The van der Waals surface area contributed by atoms with E-state index in [1.54, 1.807) is 29.4 Å². The summed E-state index contributed by atoms with van der Waals surface area (Å²) in [5.41, 5.74) is 3.01. The molecule has 1 heterocycles. The van der Waals surface area contributed by atoms with Crippen LogP contribution >= 0.6 is 0 Å². The number of halogens is 2. The summed E-state index contributed by atoms with van der Waals surface area (Å²) in [4.78, 5) is 18.9. The molecule has 1 amide bonds. The van der Waals surface area contributed by atoms with Crippen LogP contribution in [0.2, 0.25) is 0 Å². The molecular weight excluding hydrogens is 422 g/mol. The molecular formula is C27H22F2N2O2. The zero-order valence-corrected chi connectivity index (χ0v) is 17.8. The number of carbonyl (C=O) groups excluding carboxylic acids is 1. The molecule has 0 aliphatic rings. The minimum absolute atomic E-state index is 0.196. The van der Waals surface area contributed by atoms with Gasteiger partial charge in [-0.05, 0) is 77.4 Å². The number of benzene rings is 3. The first kappa shape index (κ1) is 22.1. The quantitative estimate of drug-likeness (QED) is 0.346. The van der Waals surface area contributed by atoms with Gasteiger partial charge in [0.05, 0.1) is 0 Å². The van der Waals surface area contributed by atoms with Crippen molar-refractivity contribution in [3.8, 4) is 5.75 Å². The fourth-order valence-electron chi connectivity index (χ4n) is 3.39. The van der Waals surface area contributed by atoms with Crippen molar-refractivity contribution >= 4 is 5.91 Å². The molecule has 0 saturated carbocycles. The van der Waals surface area contributed by atoms with Gasteiger partial charge in [0.15, 0.2) is 0 Å². The Morgan fingerprint density at radius 3 is 2.09 bits per heavy atom. The molecule has 0 radical (unpaired) electrons. The van der Waals surface area contributed by atoms with Gasteiger partial charge in [-0.1, -0.05) is 24.3 Å². The summed E-state index contributed by atoms with van der Waals surface area (Å²) in [6.45, 7) is 1.01. The van der Waals surface area contributed by atoms with E-state index < -0.39 is 0 Å². The number of nitrogens with zero attached hydrogens (tertiary/aromatic N) is 2. The third-order valence-corrected chi connectivity index (χ3v) is 5.09. The monoisotopic (exact) mass is 444 g/mol. The number of ether oxygens (including phenoxy) is 1. The maximum absolute atomic E-state index is 13.3. The van der Waals surface area contributed by atoms with Crippen LogP contribution in [-0.4, -0.2) is 15.8 Å². The first-order valence-corrected chi connectivity index (χ1v) is 10.5. The molecule has 4 rings (SSSR count). The number of hydrogen-bond acceptors (Lipinski definition) is 3. The van der Waals surface area contributed by atoms with Gasteiger partial charge in [0.25, 0.3) is 5.91 Å². The van der Waals surface area contributed by atoms with E-state index >= 15 is 0 Å². The molecule has 0 atom stereocenters. The van der Waals surface area contributed by atoms with E-state index in [0.717, 1.165) is 16.7 Å². The fourth-order valence-corrected chi connectivity index (χ4v) is 3.39. The summed E-state index contributed by atoms with van der Waals surface area (Å²) >= 11 is 0. The lowest BCUT2D eigenvalue weighted by Gasteiger charge is -2.23. The zero-order chi connectivity index (χ0) is 23.0. The molecule has 0 N–H and O–H groups in total. The number of amides is 1. The van der Waals surface area contributed by atoms with Crippen molar-refractivity contribution in [3.63, 3.8) is 0 Å². The molecule has 3 aromatic carbocycles. The highest BCUT2D eigenvalue weighted by Gasteiger charge is 2.17. The van der Waals surface area contributed by atoms with Gasteiger partial charge in [0, 0.05) is 31.0 Å². The first-order valence-electron chi connectivity index (χ1n) is 10.5. The van der Waals surface area contributed by atoms with Crippen LogP contribution in [0, 0.1) is 11.6 Å². The molecule has 0 bridgehead atoms. The molecule has 1 aromatic heterocycles. The Labute approximate surface area is 191 Å². The fraction of sp³-hybridized carbons (Fsp3) is 0.111. The van der Waals surface area contributed by atoms with E-state index in [2.05, 4.69) is 4.98 Å². The lowest BCUT2D eigenvalue weighted by atomic mass is 10.1. The summed E-state index contributed by atoms with van der Waals surface area (Å²) < 4.78 is 32.4. The summed E-state index contributed by atoms with van der Waals surface area (Å²) in [5.74, 6) is -0.237. The number of pyridine rings is 1. The van der Waals surface area contributed by atoms with Crippen LogP contribution in [0.3, 0.4) is 0 Å². The van der Waals surface area contributed by atoms with Crippen LogP contribution in [0.1, 0.15) is 27.0 Å². The minimum Gasteiger partial charge on any atom is -0.489 e. The summed E-state index contributed by atoms with van der Waals surface area (Å²) in [7, 11) is 0. The van der Waals surface area contributed by atoms with Crippen molar-refractivity contribution in [1.82, 2.24) is 9.88 Å². The molecule has 4 aromatic rings. The lowest BCUT2D eigenvalue weighted by molar-refractivity contribution is 0.0730. The zero-order valence-electron chi connectivity index (χ0n) is 17.8. The number of rotatable bonds is 8. The van der Waals surface area contributed by atoms with Crippen LogP contribution in [0.25, 0.3) is 0 Å². The van der Waals surface area contributed by atoms with Crippen LogP contribution < -0.4 is 4.74 Å². The summed E-state index contributed by atoms with van der Waals surface area (Å²) in [6.07, 6.45) is 3.36. The van der Waals surface area contributed by atoms with E-state index in [1.807, 2.05) is 36.4 Å². The third kappa shape index (κ3) is 6.23. The maximum atomic E-state index is 13.3. The standard InChI is InChI=1S/C27H22F2N2O2/c28-24-8-6-23(7-9-24)27(32)31(18-21-12-14-30-15-13-21)17-20-4-10-26(11-5-20)33-19-22-2-1-3-25(29)16-22/h1-16H,17-19H2. The molecule has 4 nitrogen and oxygen atoms in total. The topological polar surface area (TPSA) is 42.4 Å². The first-order chi connectivity index (χ1) is 16.1. The molecule has 0 spiro atoms. The smallest absolute Gasteiger partial charge is 0.254 e. The Morgan fingerprint density at radius 2 is 1.42 bits per heavy atom. The van der Waals surface area contributed by atoms with Crippen molar-refractivity contribution in [1.29, 1.82) is 0 Å². The number of hydrogen-bond donors (Lipinski definition) is 0. The predicted molar refractivity (Wildman–Crippen MR) is 121 cm³/mol. The van der Waals surface area contributed by atoms with Gasteiger partial charge >= 0.3 is 0 Å². The molecule has 166 valence electrons. The van der Waals surface area contributed by atoms with Crippen LogP contribution in [0.4, 0.5) is 8.78 Å². The van der Waals surface area contributed by atoms with Gasteiger partial charge < -0.3 is 9.64 Å². The van der Waals surface area contributed by atoms with Crippen molar-refractivity contribution in [2.45, 2.75) is 19.7 Å². The highest BCUT2D eigenvalue weighted by Crippen LogP contribution is 2.19. The highest BCUT2D eigenvalue weighted by molar-refractivity contribution is 5.94. The molecule has 0 aliphatic heterocycles. The summed E-state index contributed by atoms with van der Waals surface area (Å²) in [5, 5.41) is 0. The minimum atomic E-state index is -0.388. The molecule has 0 unspecified atom stereocenters. The van der Waals surface area contributed by atoms with Crippen LogP contribution in [0.5, 0.6) is 5.75 Å². The van der Waals surface area contributed by atoms with E-state index in [4.69, 9.17) is 4.74 Å². The van der Waals surface area contributed by atoms with E-state index in [9.17, 15) is 13.6 Å². The Bertz CT molecular complexity index is 1200. The van der Waals surface area contributed by atoms with Crippen molar-refractivity contribution in [2.24, 2.45) is 0 Å². The lowest BCUT2D eigenvalue weighted by Crippen LogP contribution is -2.30. The van der Waals surface area contributed by atoms with Gasteiger partial charge in [0.1, 0.15) is 24.0 Å². The molecule has 0 fully saturated rings. The second-order valence-corrected chi connectivity index (χ2v) is 7.59. The SMILES string of the molecule is O=C(c1ccc(F)cc1)N(Cc1ccncc1)Cc1ccc(OCc2cccc(F)c2)cc1. The van der Waals surface area contributed by atoms with Crippen molar-refractivity contribution in [2.75, 3.05) is 0 Å². The molecule has 33 heavy (non-hydrogen) atoms. The Kier molecular flexibility index (Phi) is 7.05. The average Bonchev–Trinajstić information content (AvgIpc) is 2.84. The van der Waals surface area contributed by atoms with E-state index in [-0.39, 0.29) is 24.1 Å². The van der Waals surface area contributed by atoms with E-state index in [1.165, 1.54) is 36.4 Å². The second-order valence-electron chi connectivity index (χ2n) is 7.59. The predicted octanol–water partition coefficient (Wildman–Crippen LogP) is 5.78. The van der Waals surface area contributed by atoms with Crippen LogP contribution in [-0.2, 0) is 19.7 Å². The van der Waals surface area contributed by atoms with Gasteiger partial charge in [-0.15, -0.1) is 0 Å². The second kappa shape index (κ2) is 10.5. The molecule has 6 heteroatoms.